The second-order valence-electron chi connectivity index (χ2n) is 7.01. The van der Waals surface area contributed by atoms with Crippen molar-refractivity contribution in [2.45, 2.75) is 39.7 Å². The van der Waals surface area contributed by atoms with Crippen molar-refractivity contribution >= 4 is 22.6 Å². The Labute approximate surface area is 160 Å². The van der Waals surface area contributed by atoms with Crippen molar-refractivity contribution in [2.24, 2.45) is 0 Å². The van der Waals surface area contributed by atoms with Crippen molar-refractivity contribution in [3.63, 3.8) is 0 Å². The maximum absolute atomic E-state index is 12.3. The van der Waals surface area contributed by atoms with Gasteiger partial charge < -0.3 is 9.88 Å². The van der Waals surface area contributed by atoms with Crippen molar-refractivity contribution in [2.75, 3.05) is 6.54 Å². The minimum atomic E-state index is -0.0639. The van der Waals surface area contributed by atoms with Gasteiger partial charge in [-0.15, -0.1) is 0 Å². The fraction of sp³-hybridized carbons (Fsp3) is 0.304. The quantitative estimate of drug-likeness (QED) is 0.476. The predicted octanol–water partition coefficient (Wildman–Crippen LogP) is 4.43. The van der Waals surface area contributed by atoms with Gasteiger partial charge in [-0.3, -0.25) is 9.59 Å². The number of nitrogens with one attached hydrogen (secondary N) is 1. The highest BCUT2D eigenvalue weighted by atomic mass is 16.2. The summed E-state index contributed by atoms with van der Waals surface area (Å²) in [6.45, 7) is 5.37. The van der Waals surface area contributed by atoms with Crippen LogP contribution in [-0.2, 0) is 11.3 Å². The van der Waals surface area contributed by atoms with Gasteiger partial charge in [0, 0.05) is 43.2 Å². The van der Waals surface area contributed by atoms with Crippen molar-refractivity contribution in [1.29, 1.82) is 0 Å². The van der Waals surface area contributed by atoms with Crippen molar-refractivity contribution in [3.8, 4) is 0 Å². The van der Waals surface area contributed by atoms with E-state index in [0.717, 1.165) is 29.7 Å². The molecule has 0 radical (unpaired) electrons. The Bertz CT molecular complexity index is 956. The van der Waals surface area contributed by atoms with Crippen LogP contribution in [0.2, 0.25) is 0 Å². The molecule has 0 aliphatic heterocycles. The maximum atomic E-state index is 12.3. The molecule has 4 nitrogen and oxygen atoms in total. The van der Waals surface area contributed by atoms with Crippen LogP contribution in [-0.4, -0.2) is 22.8 Å². The van der Waals surface area contributed by atoms with Crippen molar-refractivity contribution in [3.05, 3.63) is 71.4 Å². The van der Waals surface area contributed by atoms with E-state index in [4.69, 9.17) is 0 Å². The van der Waals surface area contributed by atoms with E-state index in [2.05, 4.69) is 34.3 Å². The minimum absolute atomic E-state index is 0.0326. The molecule has 3 rings (SSSR count). The first-order valence-corrected chi connectivity index (χ1v) is 9.45. The fourth-order valence-electron chi connectivity index (χ4n) is 3.30. The molecule has 1 heterocycles. The molecule has 1 N–H and O–H groups in total. The highest BCUT2D eigenvalue weighted by molar-refractivity contribution is 5.99. The lowest BCUT2D eigenvalue weighted by Gasteiger charge is -2.08. The number of para-hydroxylation sites is 1. The summed E-state index contributed by atoms with van der Waals surface area (Å²) in [5.74, 6) is -0.0313. The van der Waals surface area contributed by atoms with E-state index in [1.54, 1.807) is 0 Å². The van der Waals surface area contributed by atoms with Crippen LogP contribution in [0.25, 0.3) is 10.9 Å². The lowest BCUT2D eigenvalue weighted by molar-refractivity contribution is -0.121. The van der Waals surface area contributed by atoms with E-state index in [1.165, 1.54) is 10.9 Å². The molecule has 0 saturated carbocycles. The van der Waals surface area contributed by atoms with Crippen LogP contribution in [0.15, 0.2) is 54.7 Å². The van der Waals surface area contributed by atoms with Gasteiger partial charge in [-0.05, 0) is 49.4 Å². The van der Waals surface area contributed by atoms with E-state index in [-0.39, 0.29) is 24.5 Å². The molecule has 3 aromatic rings. The molecule has 0 aliphatic carbocycles. The molecular weight excluding hydrogens is 336 g/mol. The number of rotatable bonds is 8. The zero-order valence-electron chi connectivity index (χ0n) is 16.0. The van der Waals surface area contributed by atoms with Crippen LogP contribution in [0.3, 0.4) is 0 Å². The largest absolute Gasteiger partial charge is 0.356 e. The normalized spacial score (nSPS) is 10.9. The third-order valence-corrected chi connectivity index (χ3v) is 4.85. The SMILES string of the molecule is Cc1ccc(C)c(C(=O)CCC(=O)NCCCn2ccc3ccccc32)c1. The van der Waals surface area contributed by atoms with E-state index < -0.39 is 0 Å². The number of Topliss-reactive ketones (excluding diaryl/α,β-unsaturated/α-hetero) is 1. The number of ketones is 1. The zero-order valence-corrected chi connectivity index (χ0v) is 16.0. The Kier molecular flexibility index (Phi) is 6.07. The van der Waals surface area contributed by atoms with Crippen LogP contribution in [0.5, 0.6) is 0 Å². The Hall–Kier alpha value is -2.88. The Morgan fingerprint density at radius 1 is 1.00 bits per heavy atom. The number of amides is 1. The highest BCUT2D eigenvalue weighted by Crippen LogP contribution is 2.15. The Morgan fingerprint density at radius 2 is 1.81 bits per heavy atom. The molecule has 1 aromatic heterocycles. The van der Waals surface area contributed by atoms with Gasteiger partial charge in [0.1, 0.15) is 0 Å². The van der Waals surface area contributed by atoms with Crippen LogP contribution >= 0.6 is 0 Å². The van der Waals surface area contributed by atoms with Gasteiger partial charge in [-0.2, -0.15) is 0 Å². The van der Waals surface area contributed by atoms with Gasteiger partial charge in [-0.25, -0.2) is 0 Å². The standard InChI is InChI=1S/C23H26N2O2/c1-17-8-9-18(2)20(16-17)22(26)10-11-23(27)24-13-5-14-25-15-12-19-6-3-4-7-21(19)25/h3-4,6-9,12,15-16H,5,10-11,13-14H2,1-2H3,(H,24,27). The van der Waals surface area contributed by atoms with Gasteiger partial charge in [-0.1, -0.05) is 35.9 Å². The number of carbonyl (C=O) groups is 2. The van der Waals surface area contributed by atoms with Crippen LogP contribution in [0.1, 0.15) is 40.7 Å². The highest BCUT2D eigenvalue weighted by Gasteiger charge is 2.11. The first-order valence-electron chi connectivity index (χ1n) is 9.45. The third kappa shape index (κ3) is 4.85. The molecule has 27 heavy (non-hydrogen) atoms. The van der Waals surface area contributed by atoms with Crippen LogP contribution in [0.4, 0.5) is 0 Å². The number of benzene rings is 2. The maximum Gasteiger partial charge on any atom is 0.220 e. The number of fused-ring (bicyclic) bond motifs is 1. The van der Waals surface area contributed by atoms with Crippen LogP contribution in [0, 0.1) is 13.8 Å². The molecule has 0 saturated heterocycles. The molecule has 0 aliphatic rings. The first kappa shape index (κ1) is 18.9. The lowest BCUT2D eigenvalue weighted by atomic mass is 9.99. The Balaban J connectivity index is 1.41. The fourth-order valence-corrected chi connectivity index (χ4v) is 3.30. The molecule has 2 aromatic carbocycles. The summed E-state index contributed by atoms with van der Waals surface area (Å²) in [5.41, 5.74) is 3.96. The number of nitrogens with zero attached hydrogens (tertiary/aromatic N) is 1. The van der Waals surface area contributed by atoms with Crippen molar-refractivity contribution < 1.29 is 9.59 Å². The number of aromatic nitrogens is 1. The second-order valence-corrected chi connectivity index (χ2v) is 7.01. The Morgan fingerprint density at radius 3 is 2.67 bits per heavy atom. The molecule has 0 atom stereocenters. The van der Waals surface area contributed by atoms with E-state index in [1.807, 2.05) is 44.2 Å². The van der Waals surface area contributed by atoms with Crippen molar-refractivity contribution in [1.82, 2.24) is 9.88 Å². The van der Waals surface area contributed by atoms with Gasteiger partial charge in [0.25, 0.3) is 0 Å². The molecular formula is C23H26N2O2. The summed E-state index contributed by atoms with van der Waals surface area (Å²) >= 11 is 0. The summed E-state index contributed by atoms with van der Waals surface area (Å²) in [7, 11) is 0. The summed E-state index contributed by atoms with van der Waals surface area (Å²) in [6.07, 6.45) is 3.42. The third-order valence-electron chi connectivity index (χ3n) is 4.85. The van der Waals surface area contributed by atoms with Gasteiger partial charge in [0.2, 0.25) is 5.91 Å². The summed E-state index contributed by atoms with van der Waals surface area (Å²) in [6, 6.07) is 16.2. The van der Waals surface area contributed by atoms with Crippen LogP contribution < -0.4 is 5.32 Å². The number of hydrogen-bond donors (Lipinski definition) is 1. The first-order chi connectivity index (χ1) is 13.0. The van der Waals surface area contributed by atoms with E-state index >= 15 is 0 Å². The minimum Gasteiger partial charge on any atom is -0.356 e. The summed E-state index contributed by atoms with van der Waals surface area (Å²) < 4.78 is 2.20. The van der Waals surface area contributed by atoms with E-state index in [0.29, 0.717) is 6.54 Å². The molecule has 4 heteroatoms. The van der Waals surface area contributed by atoms with Gasteiger partial charge >= 0.3 is 0 Å². The monoisotopic (exact) mass is 362 g/mol. The predicted molar refractivity (Wildman–Crippen MR) is 109 cm³/mol. The average molecular weight is 362 g/mol. The molecule has 0 fully saturated rings. The van der Waals surface area contributed by atoms with Gasteiger partial charge in [0.05, 0.1) is 0 Å². The molecule has 0 bridgehead atoms. The molecule has 0 spiro atoms. The topological polar surface area (TPSA) is 51.1 Å². The molecule has 140 valence electrons. The lowest BCUT2D eigenvalue weighted by Crippen LogP contribution is -2.25. The number of aryl methyl sites for hydroxylation is 3. The summed E-state index contributed by atoms with van der Waals surface area (Å²) in [5, 5.41) is 4.15. The second kappa shape index (κ2) is 8.67. The number of hydrogen-bond acceptors (Lipinski definition) is 2. The molecule has 0 unspecified atom stereocenters. The van der Waals surface area contributed by atoms with E-state index in [9.17, 15) is 9.59 Å². The smallest absolute Gasteiger partial charge is 0.220 e. The number of carbonyl (C=O) groups excluding carboxylic acids is 2. The average Bonchev–Trinajstić information content (AvgIpc) is 3.08. The summed E-state index contributed by atoms with van der Waals surface area (Å²) in [4.78, 5) is 24.4. The molecule has 1 amide bonds. The van der Waals surface area contributed by atoms with Gasteiger partial charge in [0.15, 0.2) is 5.78 Å². The zero-order chi connectivity index (χ0) is 19.2.